The van der Waals surface area contributed by atoms with Crippen LogP contribution in [0.15, 0.2) is 53.1 Å². The minimum absolute atomic E-state index is 0.161. The SMILES string of the molecule is CCN(C)C(=O)c1coc(CN(Cc2ccc3c(c2)OCO3)Cc2ccccc2Cl)n1. The molecule has 4 rings (SSSR count). The number of hydrogen-bond acceptors (Lipinski definition) is 6. The van der Waals surface area contributed by atoms with E-state index in [1.807, 2.05) is 49.4 Å². The monoisotopic (exact) mass is 441 g/mol. The Hall–Kier alpha value is -3.03. The first-order chi connectivity index (χ1) is 15.0. The van der Waals surface area contributed by atoms with Gasteiger partial charge in [0.2, 0.25) is 12.7 Å². The number of halogens is 1. The number of hydrogen-bond donors (Lipinski definition) is 0. The minimum Gasteiger partial charge on any atom is -0.454 e. The molecule has 162 valence electrons. The third-order valence-electron chi connectivity index (χ3n) is 5.15. The number of rotatable bonds is 8. The van der Waals surface area contributed by atoms with Crippen LogP contribution in [0.1, 0.15) is 34.4 Å². The summed E-state index contributed by atoms with van der Waals surface area (Å²) in [4.78, 5) is 20.5. The molecule has 2 heterocycles. The number of nitrogens with zero attached hydrogens (tertiary/aromatic N) is 3. The van der Waals surface area contributed by atoms with Crippen molar-refractivity contribution in [1.82, 2.24) is 14.8 Å². The lowest BCUT2D eigenvalue weighted by Crippen LogP contribution is -2.26. The number of amides is 1. The summed E-state index contributed by atoms with van der Waals surface area (Å²) < 4.78 is 16.5. The summed E-state index contributed by atoms with van der Waals surface area (Å²) in [7, 11) is 1.74. The molecule has 1 aliphatic rings. The molecule has 0 unspecified atom stereocenters. The first kappa shape index (κ1) is 21.2. The second-order valence-corrected chi connectivity index (χ2v) is 7.78. The Morgan fingerprint density at radius 2 is 1.90 bits per heavy atom. The van der Waals surface area contributed by atoms with E-state index in [1.54, 1.807) is 11.9 Å². The maximum atomic E-state index is 12.4. The Kier molecular flexibility index (Phi) is 6.44. The number of oxazole rings is 1. The number of carbonyl (C=O) groups excluding carboxylic acids is 1. The summed E-state index contributed by atoms with van der Waals surface area (Å²) in [5.74, 6) is 1.80. The van der Waals surface area contributed by atoms with E-state index < -0.39 is 0 Å². The smallest absolute Gasteiger partial charge is 0.275 e. The predicted octanol–water partition coefficient (Wildman–Crippen LogP) is 4.35. The highest BCUT2D eigenvalue weighted by molar-refractivity contribution is 6.31. The molecule has 1 aromatic heterocycles. The second-order valence-electron chi connectivity index (χ2n) is 7.37. The first-order valence-electron chi connectivity index (χ1n) is 10.1. The summed E-state index contributed by atoms with van der Waals surface area (Å²) in [5.41, 5.74) is 2.36. The summed E-state index contributed by atoms with van der Waals surface area (Å²) in [6, 6.07) is 13.6. The van der Waals surface area contributed by atoms with Gasteiger partial charge in [-0.05, 0) is 36.2 Å². The number of benzene rings is 2. The Morgan fingerprint density at radius 3 is 2.71 bits per heavy atom. The third kappa shape index (κ3) is 5.00. The largest absolute Gasteiger partial charge is 0.454 e. The molecule has 0 radical (unpaired) electrons. The fraction of sp³-hybridized carbons (Fsp3) is 0.304. The van der Waals surface area contributed by atoms with Crippen molar-refractivity contribution in [1.29, 1.82) is 0 Å². The van der Waals surface area contributed by atoms with Crippen LogP contribution in [0.2, 0.25) is 5.02 Å². The molecule has 0 aliphatic carbocycles. The lowest BCUT2D eigenvalue weighted by molar-refractivity contribution is 0.0796. The normalized spacial score (nSPS) is 12.4. The molecular formula is C23H24ClN3O4. The summed E-state index contributed by atoms with van der Waals surface area (Å²) in [5, 5.41) is 0.700. The minimum atomic E-state index is -0.161. The van der Waals surface area contributed by atoms with Crippen molar-refractivity contribution < 1.29 is 18.7 Å². The Morgan fingerprint density at radius 1 is 1.10 bits per heavy atom. The maximum Gasteiger partial charge on any atom is 0.275 e. The van der Waals surface area contributed by atoms with Gasteiger partial charge in [0.25, 0.3) is 5.91 Å². The van der Waals surface area contributed by atoms with Gasteiger partial charge in [0, 0.05) is 31.7 Å². The molecule has 1 aliphatic heterocycles. The van der Waals surface area contributed by atoms with Crippen molar-refractivity contribution in [2.75, 3.05) is 20.4 Å². The van der Waals surface area contributed by atoms with Crippen LogP contribution in [0.25, 0.3) is 0 Å². The maximum absolute atomic E-state index is 12.4. The van der Waals surface area contributed by atoms with Crippen LogP contribution in [0, 0.1) is 0 Å². The standard InChI is InChI=1S/C23H24ClN3O4/c1-3-26(2)23(28)19-14-29-22(25-19)13-27(12-17-6-4-5-7-18(17)24)11-16-8-9-20-21(10-16)31-15-30-20/h4-10,14H,3,11-13,15H2,1-2H3. The molecule has 2 aromatic carbocycles. The van der Waals surface area contributed by atoms with Crippen LogP contribution >= 0.6 is 11.6 Å². The Bertz CT molecular complexity index is 1070. The van der Waals surface area contributed by atoms with Crippen LogP contribution in [0.5, 0.6) is 11.5 Å². The van der Waals surface area contributed by atoms with Gasteiger partial charge in [-0.15, -0.1) is 0 Å². The van der Waals surface area contributed by atoms with Gasteiger partial charge in [-0.2, -0.15) is 0 Å². The van der Waals surface area contributed by atoms with E-state index in [0.29, 0.717) is 42.8 Å². The van der Waals surface area contributed by atoms with Gasteiger partial charge in [0.1, 0.15) is 6.26 Å². The van der Waals surface area contributed by atoms with Crippen molar-refractivity contribution in [3.05, 3.63) is 76.5 Å². The number of fused-ring (bicyclic) bond motifs is 1. The van der Waals surface area contributed by atoms with E-state index in [9.17, 15) is 4.79 Å². The number of ether oxygens (including phenoxy) is 2. The fourth-order valence-electron chi connectivity index (χ4n) is 3.34. The highest BCUT2D eigenvalue weighted by Gasteiger charge is 2.19. The predicted molar refractivity (Wildman–Crippen MR) is 116 cm³/mol. The van der Waals surface area contributed by atoms with Crippen molar-refractivity contribution in [2.24, 2.45) is 0 Å². The van der Waals surface area contributed by atoms with E-state index in [1.165, 1.54) is 6.26 Å². The quantitative estimate of drug-likeness (QED) is 0.517. The van der Waals surface area contributed by atoms with Crippen LogP contribution in [0.4, 0.5) is 0 Å². The lowest BCUT2D eigenvalue weighted by Gasteiger charge is -2.22. The highest BCUT2D eigenvalue weighted by atomic mass is 35.5. The zero-order chi connectivity index (χ0) is 21.8. The van der Waals surface area contributed by atoms with Gasteiger partial charge in [-0.3, -0.25) is 9.69 Å². The van der Waals surface area contributed by atoms with E-state index in [4.69, 9.17) is 25.5 Å². The molecule has 0 atom stereocenters. The van der Waals surface area contributed by atoms with Crippen molar-refractivity contribution in [3.63, 3.8) is 0 Å². The van der Waals surface area contributed by atoms with Gasteiger partial charge in [-0.25, -0.2) is 4.98 Å². The first-order valence-corrected chi connectivity index (χ1v) is 10.5. The van der Waals surface area contributed by atoms with Gasteiger partial charge in [0.05, 0.1) is 6.54 Å². The van der Waals surface area contributed by atoms with Crippen molar-refractivity contribution in [3.8, 4) is 11.5 Å². The molecule has 8 heteroatoms. The topological polar surface area (TPSA) is 68.0 Å². The molecule has 0 saturated carbocycles. The lowest BCUT2D eigenvalue weighted by atomic mass is 10.1. The molecule has 1 amide bonds. The Balaban J connectivity index is 1.54. The van der Waals surface area contributed by atoms with Crippen LogP contribution in [-0.2, 0) is 19.6 Å². The van der Waals surface area contributed by atoms with E-state index in [2.05, 4.69) is 9.88 Å². The van der Waals surface area contributed by atoms with E-state index in [-0.39, 0.29) is 12.7 Å². The summed E-state index contributed by atoms with van der Waals surface area (Å²) >= 11 is 6.40. The van der Waals surface area contributed by atoms with Crippen molar-refractivity contribution >= 4 is 17.5 Å². The molecule has 0 fully saturated rings. The average Bonchev–Trinajstić information content (AvgIpc) is 3.43. The summed E-state index contributed by atoms with van der Waals surface area (Å²) in [6.45, 7) is 4.38. The fourth-order valence-corrected chi connectivity index (χ4v) is 3.54. The van der Waals surface area contributed by atoms with Gasteiger partial charge in [-0.1, -0.05) is 35.9 Å². The second kappa shape index (κ2) is 9.41. The number of carbonyl (C=O) groups is 1. The zero-order valence-electron chi connectivity index (χ0n) is 17.5. The van der Waals surface area contributed by atoms with Gasteiger partial charge in [0.15, 0.2) is 17.2 Å². The molecular weight excluding hydrogens is 418 g/mol. The average molecular weight is 442 g/mol. The van der Waals surface area contributed by atoms with E-state index in [0.717, 1.165) is 22.6 Å². The molecule has 7 nitrogen and oxygen atoms in total. The highest BCUT2D eigenvalue weighted by Crippen LogP contribution is 2.33. The van der Waals surface area contributed by atoms with Gasteiger partial charge < -0.3 is 18.8 Å². The van der Waals surface area contributed by atoms with E-state index >= 15 is 0 Å². The van der Waals surface area contributed by atoms with Crippen molar-refractivity contribution in [2.45, 2.75) is 26.6 Å². The van der Waals surface area contributed by atoms with Crippen LogP contribution in [0.3, 0.4) is 0 Å². The molecule has 0 saturated heterocycles. The van der Waals surface area contributed by atoms with Crippen LogP contribution < -0.4 is 9.47 Å². The molecule has 31 heavy (non-hydrogen) atoms. The number of aromatic nitrogens is 1. The summed E-state index contributed by atoms with van der Waals surface area (Å²) in [6.07, 6.45) is 1.41. The zero-order valence-corrected chi connectivity index (χ0v) is 18.3. The Labute approximate surface area is 186 Å². The molecule has 3 aromatic rings. The molecule has 0 spiro atoms. The molecule has 0 bridgehead atoms. The third-order valence-corrected chi connectivity index (χ3v) is 5.51. The van der Waals surface area contributed by atoms with Gasteiger partial charge >= 0.3 is 0 Å². The molecule has 0 N–H and O–H groups in total. The van der Waals surface area contributed by atoms with Crippen LogP contribution in [-0.4, -0.2) is 41.1 Å².